The molecule has 0 N–H and O–H groups in total. The Hall–Kier alpha value is -2.94. The first-order chi connectivity index (χ1) is 22.2. The lowest BCUT2D eigenvalue weighted by Crippen LogP contribution is -2.43. The molecule has 0 bridgehead atoms. The Bertz CT molecular complexity index is 1360. The highest BCUT2D eigenvalue weighted by molar-refractivity contribution is 7.80. The molecule has 260 valence electrons. The molecular weight excluding hydrogens is 616 g/mol. The van der Waals surface area contributed by atoms with Crippen LogP contribution in [0.15, 0.2) is 76.6 Å². The van der Waals surface area contributed by atoms with Crippen LogP contribution < -0.4 is 0 Å². The van der Waals surface area contributed by atoms with Crippen LogP contribution in [0.2, 0.25) is 0 Å². The van der Waals surface area contributed by atoms with Gasteiger partial charge in [0.2, 0.25) is 0 Å². The molecule has 1 heterocycles. The van der Waals surface area contributed by atoms with Gasteiger partial charge < -0.3 is 4.90 Å². The number of hydrogen-bond donors (Lipinski definition) is 1. The summed E-state index contributed by atoms with van der Waals surface area (Å²) in [5, 5.41) is 0. The predicted octanol–water partition coefficient (Wildman–Crippen LogP) is 10.9. The van der Waals surface area contributed by atoms with Crippen molar-refractivity contribution in [3.63, 3.8) is 0 Å². The second kappa shape index (κ2) is 21.8. The van der Waals surface area contributed by atoms with E-state index in [1.807, 2.05) is 39.0 Å². The molecule has 0 radical (unpaired) electrons. The zero-order chi connectivity index (χ0) is 35.6. The van der Waals surface area contributed by atoms with Crippen molar-refractivity contribution < 1.29 is 18.0 Å². The standard InChI is InChI=1S/C19H31N3.C11H11F3O.C7H8S.C2H6/c1-6-15(2)17(4)20-19-13-18(8-7-16(19)3)14-22-11-9-21(5)10-12-22;1-2-4-10(15)8-5-3-6-9(7-8)11(12,13)14;1-6-3-2-4-7(8)5-6;1-2/h7-8,13,15H,6,9-12,14H2,1-5H3;3,5-7H,2,4H2,1H3;2-5,8H,1H3;1-2H3. The highest BCUT2D eigenvalue weighted by Gasteiger charge is 2.30. The SMILES string of the molecule is CC.CCC(C)C(C)=Nc1cc(CN2CCN(C)CC2)ccc1C.CCCC(=O)c1cccc(C(F)(F)F)c1.Cc1cccc(S)c1. The topological polar surface area (TPSA) is 35.9 Å². The van der Waals surface area contributed by atoms with Crippen molar-refractivity contribution in [2.75, 3.05) is 33.2 Å². The molecule has 1 atom stereocenters. The first-order valence-corrected chi connectivity index (χ1v) is 17.2. The number of piperazine rings is 1. The van der Waals surface area contributed by atoms with Crippen LogP contribution in [0, 0.1) is 19.8 Å². The molecule has 0 saturated carbocycles. The molecule has 1 aliphatic rings. The number of carbonyl (C=O) groups excluding carboxylic acids is 1. The van der Waals surface area contributed by atoms with Crippen LogP contribution in [-0.4, -0.2) is 54.5 Å². The Kier molecular flexibility index (Phi) is 19.6. The monoisotopic (exact) mass is 671 g/mol. The fourth-order valence-corrected chi connectivity index (χ4v) is 4.89. The average molecular weight is 672 g/mol. The maximum Gasteiger partial charge on any atom is 0.416 e. The third-order valence-corrected chi connectivity index (χ3v) is 8.17. The predicted molar refractivity (Wildman–Crippen MR) is 197 cm³/mol. The fourth-order valence-electron chi connectivity index (χ4n) is 4.60. The zero-order valence-electron chi connectivity index (χ0n) is 29.9. The highest BCUT2D eigenvalue weighted by atomic mass is 32.1. The number of likely N-dealkylation sites (N-methyl/N-ethyl adjacent to an activating group) is 1. The van der Waals surface area contributed by atoms with Crippen molar-refractivity contribution in [1.29, 1.82) is 0 Å². The summed E-state index contributed by atoms with van der Waals surface area (Å²) in [6.45, 7) is 22.4. The smallest absolute Gasteiger partial charge is 0.304 e. The molecule has 1 saturated heterocycles. The molecule has 4 nitrogen and oxygen atoms in total. The lowest BCUT2D eigenvalue weighted by Gasteiger charge is -2.32. The Morgan fingerprint density at radius 2 is 1.57 bits per heavy atom. The lowest BCUT2D eigenvalue weighted by molar-refractivity contribution is -0.137. The number of benzene rings is 3. The van der Waals surface area contributed by atoms with Crippen molar-refractivity contribution in [3.05, 3.63) is 94.5 Å². The molecule has 4 rings (SSSR count). The van der Waals surface area contributed by atoms with E-state index in [-0.39, 0.29) is 17.8 Å². The molecular formula is C39H56F3N3OS. The number of carbonyl (C=O) groups is 1. The van der Waals surface area contributed by atoms with Gasteiger partial charge in [-0.1, -0.05) is 76.6 Å². The third kappa shape index (κ3) is 16.1. The summed E-state index contributed by atoms with van der Waals surface area (Å²) in [7, 11) is 2.20. The van der Waals surface area contributed by atoms with E-state index in [0.29, 0.717) is 12.3 Å². The molecule has 1 fully saturated rings. The summed E-state index contributed by atoms with van der Waals surface area (Å²) in [5.74, 6) is 0.310. The van der Waals surface area contributed by atoms with E-state index in [4.69, 9.17) is 4.99 Å². The van der Waals surface area contributed by atoms with Crippen LogP contribution in [0.4, 0.5) is 18.9 Å². The van der Waals surface area contributed by atoms with E-state index in [0.717, 1.165) is 48.8 Å². The minimum atomic E-state index is -4.39. The van der Waals surface area contributed by atoms with Crippen molar-refractivity contribution in [1.82, 2.24) is 9.80 Å². The van der Waals surface area contributed by atoms with E-state index in [1.54, 1.807) is 0 Å². The van der Waals surface area contributed by atoms with E-state index in [1.165, 1.54) is 47.6 Å². The molecule has 1 unspecified atom stereocenters. The Balaban J connectivity index is 0.000000380. The molecule has 8 heteroatoms. The van der Waals surface area contributed by atoms with E-state index >= 15 is 0 Å². The van der Waals surface area contributed by atoms with Crippen LogP contribution in [0.25, 0.3) is 0 Å². The number of aryl methyl sites for hydroxylation is 2. The lowest BCUT2D eigenvalue weighted by atomic mass is 10.0. The summed E-state index contributed by atoms with van der Waals surface area (Å²) in [6, 6.07) is 19.3. The molecule has 0 aliphatic carbocycles. The van der Waals surface area contributed by atoms with Crippen molar-refractivity contribution >= 4 is 29.8 Å². The Morgan fingerprint density at radius 3 is 2.11 bits per heavy atom. The van der Waals surface area contributed by atoms with E-state index in [9.17, 15) is 18.0 Å². The zero-order valence-corrected chi connectivity index (χ0v) is 30.8. The van der Waals surface area contributed by atoms with Crippen LogP contribution in [-0.2, 0) is 12.7 Å². The van der Waals surface area contributed by atoms with Gasteiger partial charge in [0.15, 0.2) is 5.78 Å². The van der Waals surface area contributed by atoms with Crippen molar-refractivity contribution in [2.45, 2.75) is 92.3 Å². The maximum absolute atomic E-state index is 12.3. The van der Waals surface area contributed by atoms with Gasteiger partial charge in [-0.15, -0.1) is 12.6 Å². The molecule has 0 spiro atoms. The number of ketones is 1. The molecule has 0 amide bonds. The second-order valence-electron chi connectivity index (χ2n) is 11.9. The summed E-state index contributed by atoms with van der Waals surface area (Å²) < 4.78 is 36.9. The van der Waals surface area contributed by atoms with Gasteiger partial charge >= 0.3 is 6.18 Å². The van der Waals surface area contributed by atoms with Gasteiger partial charge in [-0.25, -0.2) is 0 Å². The van der Waals surface area contributed by atoms with Gasteiger partial charge in [-0.2, -0.15) is 13.2 Å². The normalized spacial score (nSPS) is 14.4. The number of aliphatic imine (C=N–C) groups is 1. The van der Waals surface area contributed by atoms with Gasteiger partial charge in [0, 0.05) is 55.3 Å². The van der Waals surface area contributed by atoms with Crippen LogP contribution in [0.5, 0.6) is 0 Å². The minimum Gasteiger partial charge on any atom is -0.304 e. The number of nitrogens with zero attached hydrogens (tertiary/aromatic N) is 3. The maximum atomic E-state index is 12.3. The van der Waals surface area contributed by atoms with Crippen molar-refractivity contribution in [3.8, 4) is 0 Å². The number of halogens is 3. The van der Waals surface area contributed by atoms with Gasteiger partial charge in [-0.3, -0.25) is 14.7 Å². The largest absolute Gasteiger partial charge is 0.416 e. The number of rotatable bonds is 8. The minimum absolute atomic E-state index is 0.131. The number of alkyl halides is 3. The van der Waals surface area contributed by atoms with E-state index in [2.05, 4.69) is 88.4 Å². The van der Waals surface area contributed by atoms with Gasteiger partial charge in [0.1, 0.15) is 0 Å². The molecule has 3 aromatic rings. The van der Waals surface area contributed by atoms with Crippen LogP contribution in [0.3, 0.4) is 0 Å². The van der Waals surface area contributed by atoms with Crippen molar-refractivity contribution in [2.24, 2.45) is 10.9 Å². The number of thiol groups is 1. The van der Waals surface area contributed by atoms with E-state index < -0.39 is 11.7 Å². The van der Waals surface area contributed by atoms with Crippen LogP contribution >= 0.6 is 12.6 Å². The first kappa shape index (κ1) is 42.1. The Labute approximate surface area is 287 Å². The van der Waals surface area contributed by atoms with Crippen LogP contribution in [0.1, 0.15) is 93.4 Å². The quantitative estimate of drug-likeness (QED) is 0.147. The van der Waals surface area contributed by atoms with Gasteiger partial charge in [-0.05, 0) is 88.0 Å². The molecule has 1 aliphatic heterocycles. The summed E-state index contributed by atoms with van der Waals surface area (Å²) in [5.41, 5.74) is 5.65. The van der Waals surface area contributed by atoms with Gasteiger partial charge in [0.25, 0.3) is 0 Å². The summed E-state index contributed by atoms with van der Waals surface area (Å²) >= 11 is 4.15. The number of hydrogen-bond acceptors (Lipinski definition) is 5. The van der Waals surface area contributed by atoms with Gasteiger partial charge in [0.05, 0.1) is 11.3 Å². The summed E-state index contributed by atoms with van der Waals surface area (Å²) in [6.07, 6.45) is -2.33. The average Bonchev–Trinajstić information content (AvgIpc) is 3.04. The second-order valence-corrected chi connectivity index (χ2v) is 12.4. The Morgan fingerprint density at radius 1 is 0.936 bits per heavy atom. The fraction of sp³-hybridized carbons (Fsp3) is 0.487. The third-order valence-electron chi connectivity index (χ3n) is 7.89. The first-order valence-electron chi connectivity index (χ1n) is 16.7. The molecule has 0 aromatic heterocycles. The summed E-state index contributed by atoms with van der Waals surface area (Å²) in [4.78, 5) is 22.2. The number of Topliss-reactive ketones (excluding diaryl/α,β-unsaturated/α-hetero) is 1. The molecule has 47 heavy (non-hydrogen) atoms. The highest BCUT2D eigenvalue weighted by Crippen LogP contribution is 2.30. The molecule has 3 aromatic carbocycles.